The van der Waals surface area contributed by atoms with Gasteiger partial charge in [0.15, 0.2) is 4.67 Å². The molecule has 1 aliphatic rings. The molecule has 1 fully saturated rings. The summed E-state index contributed by atoms with van der Waals surface area (Å²) in [7, 11) is 0. The summed E-state index contributed by atoms with van der Waals surface area (Å²) < 4.78 is 10.5. The molecule has 7 heteroatoms. The predicted molar refractivity (Wildman–Crippen MR) is 68.9 cm³/mol. The zero-order valence-electron chi connectivity index (χ0n) is 10.1. The van der Waals surface area contributed by atoms with Crippen molar-refractivity contribution in [2.45, 2.75) is 12.8 Å². The summed E-state index contributed by atoms with van der Waals surface area (Å²) in [5.41, 5.74) is -0.586. The Balaban J connectivity index is 2.02. The number of hydrogen-bond donors (Lipinski definition) is 2. The highest BCUT2D eigenvalue weighted by atomic mass is 79.9. The lowest BCUT2D eigenvalue weighted by Gasteiger charge is -2.33. The first-order valence-corrected chi connectivity index (χ1v) is 6.67. The monoisotopic (exact) mass is 331 g/mol. The molecule has 1 aromatic heterocycles. The third-order valence-corrected chi connectivity index (χ3v) is 3.97. The molecular formula is C12H14BrNO5. The molecule has 1 aliphatic heterocycles. The molecule has 0 radical (unpaired) electrons. The van der Waals surface area contributed by atoms with Crippen molar-refractivity contribution in [3.05, 3.63) is 22.6 Å². The van der Waals surface area contributed by atoms with Crippen molar-refractivity contribution in [3.8, 4) is 0 Å². The van der Waals surface area contributed by atoms with Gasteiger partial charge in [0.2, 0.25) is 0 Å². The highest BCUT2D eigenvalue weighted by Crippen LogP contribution is 2.30. The van der Waals surface area contributed by atoms with Gasteiger partial charge in [0.25, 0.3) is 5.91 Å². The van der Waals surface area contributed by atoms with E-state index in [-0.39, 0.29) is 12.5 Å². The van der Waals surface area contributed by atoms with Gasteiger partial charge in [-0.3, -0.25) is 9.59 Å². The largest absolute Gasteiger partial charge is 0.481 e. The van der Waals surface area contributed by atoms with Gasteiger partial charge in [0, 0.05) is 19.8 Å². The number of carbonyl (C=O) groups excluding carboxylic acids is 1. The molecule has 0 saturated carbocycles. The first kappa shape index (κ1) is 14.1. The minimum atomic E-state index is -0.940. The van der Waals surface area contributed by atoms with Crippen molar-refractivity contribution in [3.63, 3.8) is 0 Å². The number of halogens is 1. The maximum Gasteiger partial charge on any atom is 0.311 e. The van der Waals surface area contributed by atoms with E-state index in [1.165, 1.54) is 12.3 Å². The Kier molecular flexibility index (Phi) is 4.26. The summed E-state index contributed by atoms with van der Waals surface area (Å²) in [5, 5.41) is 12.0. The standard InChI is InChI=1S/C12H14BrNO5/c13-9-8(1-4-19-9)10(15)14-7-12(11(16)17)2-5-18-6-3-12/h1,4H,2-3,5-7H2,(H,14,15)(H,16,17). The number of aliphatic carboxylic acids is 1. The molecule has 0 unspecified atom stereocenters. The molecule has 0 bridgehead atoms. The minimum Gasteiger partial charge on any atom is -0.481 e. The van der Waals surface area contributed by atoms with Crippen LogP contribution in [0, 0.1) is 5.41 Å². The third kappa shape index (κ3) is 2.98. The summed E-state index contributed by atoms with van der Waals surface area (Å²) in [6.07, 6.45) is 2.19. The van der Waals surface area contributed by atoms with Gasteiger partial charge in [0.05, 0.1) is 17.2 Å². The number of rotatable bonds is 4. The van der Waals surface area contributed by atoms with Gasteiger partial charge >= 0.3 is 5.97 Å². The molecule has 19 heavy (non-hydrogen) atoms. The summed E-state index contributed by atoms with van der Waals surface area (Å²) in [6.45, 7) is 0.886. The van der Waals surface area contributed by atoms with Crippen LogP contribution >= 0.6 is 15.9 Å². The fourth-order valence-corrected chi connectivity index (χ4v) is 2.45. The maximum atomic E-state index is 11.9. The van der Waals surface area contributed by atoms with E-state index in [1.54, 1.807) is 0 Å². The van der Waals surface area contributed by atoms with Gasteiger partial charge in [0.1, 0.15) is 0 Å². The van der Waals surface area contributed by atoms with E-state index in [4.69, 9.17) is 9.15 Å². The lowest BCUT2D eigenvalue weighted by atomic mass is 9.80. The Hall–Kier alpha value is -1.34. The maximum absolute atomic E-state index is 11.9. The van der Waals surface area contributed by atoms with E-state index in [9.17, 15) is 14.7 Å². The molecule has 1 amide bonds. The first-order valence-electron chi connectivity index (χ1n) is 5.87. The topological polar surface area (TPSA) is 88.8 Å². The van der Waals surface area contributed by atoms with Crippen LogP contribution in [0.4, 0.5) is 0 Å². The van der Waals surface area contributed by atoms with Crippen LogP contribution in [0.1, 0.15) is 23.2 Å². The fraction of sp³-hybridized carbons (Fsp3) is 0.500. The molecule has 2 rings (SSSR count). The van der Waals surface area contributed by atoms with Crippen LogP contribution in [0.3, 0.4) is 0 Å². The quantitative estimate of drug-likeness (QED) is 0.875. The summed E-state index contributed by atoms with van der Waals surface area (Å²) >= 11 is 3.11. The number of amides is 1. The van der Waals surface area contributed by atoms with Crippen LogP contribution in [0.15, 0.2) is 21.4 Å². The van der Waals surface area contributed by atoms with Gasteiger partial charge in [-0.25, -0.2) is 0 Å². The summed E-state index contributed by atoms with van der Waals surface area (Å²) in [5.74, 6) is -1.25. The molecule has 6 nitrogen and oxygen atoms in total. The second-order valence-corrected chi connectivity index (χ2v) is 5.21. The van der Waals surface area contributed by atoms with Gasteiger partial charge in [-0.1, -0.05) is 0 Å². The van der Waals surface area contributed by atoms with Crippen molar-refractivity contribution in [1.29, 1.82) is 0 Å². The predicted octanol–water partition coefficient (Wildman–Crippen LogP) is 1.65. The zero-order chi connectivity index (χ0) is 13.9. The molecular weight excluding hydrogens is 318 g/mol. The van der Waals surface area contributed by atoms with Crippen molar-refractivity contribution < 1.29 is 23.8 Å². The Morgan fingerprint density at radius 3 is 2.63 bits per heavy atom. The van der Waals surface area contributed by atoms with Crippen molar-refractivity contribution in [2.75, 3.05) is 19.8 Å². The highest BCUT2D eigenvalue weighted by molar-refractivity contribution is 9.10. The number of hydrogen-bond acceptors (Lipinski definition) is 4. The van der Waals surface area contributed by atoms with E-state index in [0.29, 0.717) is 36.3 Å². The normalized spacial score (nSPS) is 17.9. The van der Waals surface area contributed by atoms with Crippen molar-refractivity contribution in [1.82, 2.24) is 5.32 Å². The number of carbonyl (C=O) groups is 2. The second kappa shape index (κ2) is 5.75. The Bertz CT molecular complexity index is 478. The second-order valence-electron chi connectivity index (χ2n) is 4.49. The van der Waals surface area contributed by atoms with Gasteiger partial charge < -0.3 is 19.6 Å². The van der Waals surface area contributed by atoms with Gasteiger partial charge in [-0.15, -0.1) is 0 Å². The average molecular weight is 332 g/mol. The fourth-order valence-electron chi connectivity index (χ4n) is 2.03. The lowest BCUT2D eigenvalue weighted by molar-refractivity contribution is -0.154. The molecule has 1 saturated heterocycles. The minimum absolute atomic E-state index is 0.0855. The smallest absolute Gasteiger partial charge is 0.311 e. The first-order chi connectivity index (χ1) is 9.05. The Morgan fingerprint density at radius 1 is 1.42 bits per heavy atom. The molecule has 0 aromatic carbocycles. The Labute approximate surface area is 118 Å². The van der Waals surface area contributed by atoms with Gasteiger partial charge in [-0.2, -0.15) is 0 Å². The number of ether oxygens (including phenoxy) is 1. The number of nitrogens with one attached hydrogen (secondary N) is 1. The van der Waals surface area contributed by atoms with Crippen LogP contribution in [-0.4, -0.2) is 36.7 Å². The van der Waals surface area contributed by atoms with Crippen LogP contribution in [0.25, 0.3) is 0 Å². The van der Waals surface area contributed by atoms with Crippen LogP contribution in [0.2, 0.25) is 0 Å². The number of furan rings is 1. The zero-order valence-corrected chi connectivity index (χ0v) is 11.7. The average Bonchev–Trinajstić information content (AvgIpc) is 2.83. The van der Waals surface area contributed by atoms with E-state index in [0.717, 1.165) is 0 Å². The molecule has 0 aliphatic carbocycles. The van der Waals surface area contributed by atoms with Crippen LogP contribution in [-0.2, 0) is 9.53 Å². The molecule has 2 N–H and O–H groups in total. The highest BCUT2D eigenvalue weighted by Gasteiger charge is 2.40. The van der Waals surface area contributed by atoms with Crippen LogP contribution < -0.4 is 5.32 Å². The number of carboxylic acids is 1. The number of carboxylic acid groups (broad SMARTS) is 1. The molecule has 2 heterocycles. The van der Waals surface area contributed by atoms with Crippen molar-refractivity contribution in [2.24, 2.45) is 5.41 Å². The van der Waals surface area contributed by atoms with E-state index in [1.807, 2.05) is 0 Å². The molecule has 1 aromatic rings. The third-order valence-electron chi connectivity index (χ3n) is 3.35. The van der Waals surface area contributed by atoms with Gasteiger partial charge in [-0.05, 0) is 34.8 Å². The SMILES string of the molecule is O=C(NCC1(C(=O)O)CCOCC1)c1ccoc1Br. The Morgan fingerprint density at radius 2 is 2.11 bits per heavy atom. The molecule has 0 spiro atoms. The van der Waals surface area contributed by atoms with E-state index >= 15 is 0 Å². The summed E-state index contributed by atoms with van der Waals surface area (Å²) in [4.78, 5) is 23.3. The lowest BCUT2D eigenvalue weighted by Crippen LogP contribution is -2.46. The summed E-state index contributed by atoms with van der Waals surface area (Å²) in [6, 6.07) is 1.52. The molecule has 0 atom stereocenters. The molecule has 104 valence electrons. The van der Waals surface area contributed by atoms with Crippen molar-refractivity contribution >= 4 is 27.8 Å². The van der Waals surface area contributed by atoms with E-state index in [2.05, 4.69) is 21.2 Å². The van der Waals surface area contributed by atoms with E-state index < -0.39 is 11.4 Å². The van der Waals surface area contributed by atoms with Crippen LogP contribution in [0.5, 0.6) is 0 Å².